The van der Waals surface area contributed by atoms with E-state index in [-0.39, 0.29) is 52.8 Å². The van der Waals surface area contributed by atoms with Gasteiger partial charge in [-0.2, -0.15) is 13.2 Å². The van der Waals surface area contributed by atoms with Gasteiger partial charge in [-0.3, -0.25) is 0 Å². The third kappa shape index (κ3) is 64.8. The van der Waals surface area contributed by atoms with E-state index in [2.05, 4.69) is 0 Å². The summed E-state index contributed by atoms with van der Waals surface area (Å²) in [6.45, 7) is 0. The normalized spacial score (nSPS) is 11.3. The molecule has 0 fully saturated rings. The molecular weight excluding hydrogens is 441 g/mol. The molecule has 0 aliphatic carbocycles. The predicted octanol–water partition coefficient (Wildman–Crippen LogP) is 3.72. The fourth-order valence-corrected chi connectivity index (χ4v) is 0.627. The Morgan fingerprint density at radius 1 is 0.538 bits per heavy atom. The molecule has 0 saturated carbocycles. The van der Waals surface area contributed by atoms with Crippen molar-refractivity contribution in [3.05, 3.63) is 35.9 Å². The molecule has 0 spiro atoms. The van der Waals surface area contributed by atoms with E-state index in [9.17, 15) is 65.0 Å². The molecule has 0 atom stereocenters. The van der Waals surface area contributed by atoms with Gasteiger partial charge in [0, 0.05) is 0 Å². The number of rotatable bonds is 0. The van der Waals surface area contributed by atoms with Crippen LogP contribution in [0, 0.1) is 0 Å². The molecule has 0 amide bonds. The van der Waals surface area contributed by atoms with Gasteiger partial charge in [-0.15, -0.1) is 0 Å². The molecule has 0 aliphatic rings. The summed E-state index contributed by atoms with van der Waals surface area (Å²) in [6, 6.07) is 6.36. The van der Waals surface area contributed by atoms with E-state index >= 15 is 0 Å². The summed E-state index contributed by atoms with van der Waals surface area (Å²) in [5.74, 6) is 0. The predicted molar refractivity (Wildman–Crippen MR) is 63.1 cm³/mol. The van der Waals surface area contributed by atoms with E-state index < -0.39 is 33.5 Å². The monoisotopic (exact) mass is 447 g/mol. The Kier molecular flexibility index (Phi) is 18.2. The maximum atomic E-state index is 11.8. The molecule has 1 aromatic carbocycles. The van der Waals surface area contributed by atoms with Gasteiger partial charge in [0.15, 0.2) is 0 Å². The average molecular weight is 447 g/mol. The fourth-order valence-electron chi connectivity index (χ4n) is 0.627. The van der Waals surface area contributed by atoms with Crippen molar-refractivity contribution >= 4 is 21.8 Å². The Morgan fingerprint density at radius 2 is 0.731 bits per heavy atom. The molecule has 0 N–H and O–H groups in total. The summed E-state index contributed by atoms with van der Waals surface area (Å²) >= 11 is 0. The SMILES string of the molecule is FC(F)(F)c1ccccc1.F[B-](F)(F)F.F[B-](F)(F)F.F[B-](F)(F)F.[H-].[K+]. The minimum atomic E-state index is -6.00. The number of benzene rings is 1. The van der Waals surface area contributed by atoms with Gasteiger partial charge in [0.2, 0.25) is 0 Å². The van der Waals surface area contributed by atoms with Crippen molar-refractivity contribution in [1.29, 1.82) is 0 Å². The van der Waals surface area contributed by atoms with Crippen molar-refractivity contribution in [2.24, 2.45) is 0 Å². The van der Waals surface area contributed by atoms with Gasteiger partial charge in [0.25, 0.3) is 0 Å². The zero-order valence-electron chi connectivity index (χ0n) is 13.3. The molecule has 0 heterocycles. The first kappa shape index (κ1) is 33.6. The minimum absolute atomic E-state index is 0. The van der Waals surface area contributed by atoms with Gasteiger partial charge in [-0.05, 0) is 0 Å². The maximum absolute atomic E-state index is 11.8. The second-order valence-electron chi connectivity index (χ2n) is 3.35. The van der Waals surface area contributed by atoms with Gasteiger partial charge in [0.1, 0.15) is 0 Å². The van der Waals surface area contributed by atoms with Crippen molar-refractivity contribution in [3.8, 4) is 0 Å². The van der Waals surface area contributed by atoms with Crippen molar-refractivity contribution in [3.63, 3.8) is 0 Å². The molecule has 19 heteroatoms. The van der Waals surface area contributed by atoms with Crippen LogP contribution in [-0.4, -0.2) is 21.8 Å². The van der Waals surface area contributed by atoms with Crippen LogP contribution in [-0.2, 0) is 6.18 Å². The molecule has 1 rings (SSSR count). The third-order valence-corrected chi connectivity index (χ3v) is 1.10. The van der Waals surface area contributed by atoms with Gasteiger partial charge in [0.05, 0.1) is 5.56 Å². The summed E-state index contributed by atoms with van der Waals surface area (Å²) in [6.07, 6.45) is -4.21. The van der Waals surface area contributed by atoms with Crippen LogP contribution in [0.3, 0.4) is 0 Å². The van der Waals surface area contributed by atoms with E-state index in [1.165, 1.54) is 12.1 Å². The molecule has 152 valence electrons. The van der Waals surface area contributed by atoms with Crippen LogP contribution in [0.25, 0.3) is 0 Å². The van der Waals surface area contributed by atoms with Crippen LogP contribution in [0.2, 0.25) is 0 Å². The van der Waals surface area contributed by atoms with Crippen LogP contribution in [0.1, 0.15) is 6.99 Å². The topological polar surface area (TPSA) is 0 Å². The van der Waals surface area contributed by atoms with Crippen molar-refractivity contribution in [2.75, 3.05) is 0 Å². The first-order valence-electron chi connectivity index (χ1n) is 5.35. The molecule has 0 aromatic heterocycles. The van der Waals surface area contributed by atoms with E-state index in [1.807, 2.05) is 0 Å². The minimum Gasteiger partial charge on any atom is -1.00 e. The Hall–Kier alpha value is 0.00117. The molecule has 0 nitrogen and oxygen atoms in total. The van der Waals surface area contributed by atoms with Crippen LogP contribution in [0.5, 0.6) is 0 Å². The van der Waals surface area contributed by atoms with Crippen LogP contribution in [0.15, 0.2) is 30.3 Å². The smallest absolute Gasteiger partial charge is 1.00 e. The standard InChI is InChI=1S/C7H5F3.3BF4.K.H/c8-7(9,10)6-4-2-1-3-5-6;3*2-1(3,4)5;;/h1-5H;;;;;/q;3*-1;+1;-1. The Labute approximate surface area is 180 Å². The molecule has 0 aliphatic heterocycles. The summed E-state index contributed by atoms with van der Waals surface area (Å²) in [4.78, 5) is 0. The first-order valence-corrected chi connectivity index (χ1v) is 5.35. The molecule has 1 aromatic rings. The summed E-state index contributed by atoms with van der Waals surface area (Å²) in [7, 11) is -18.0. The quantitative estimate of drug-likeness (QED) is 0.421. The van der Waals surface area contributed by atoms with E-state index in [1.54, 1.807) is 6.07 Å². The van der Waals surface area contributed by atoms with E-state index in [0.29, 0.717) is 0 Å². The van der Waals surface area contributed by atoms with E-state index in [0.717, 1.165) is 12.1 Å². The second-order valence-corrected chi connectivity index (χ2v) is 3.35. The molecular formula is C7H6B3F15K-3. The fraction of sp³-hybridized carbons (Fsp3) is 0.143. The molecule has 26 heavy (non-hydrogen) atoms. The van der Waals surface area contributed by atoms with Crippen molar-refractivity contribution < 1.29 is 118 Å². The van der Waals surface area contributed by atoms with Crippen molar-refractivity contribution in [1.82, 2.24) is 0 Å². The number of hydrogen-bond acceptors (Lipinski definition) is 0. The maximum Gasteiger partial charge on any atom is 1.00 e. The van der Waals surface area contributed by atoms with Gasteiger partial charge >= 0.3 is 79.3 Å². The van der Waals surface area contributed by atoms with Crippen LogP contribution >= 0.6 is 0 Å². The zero-order valence-corrected chi connectivity index (χ0v) is 15.4. The van der Waals surface area contributed by atoms with Gasteiger partial charge in [-0.1, -0.05) is 30.3 Å². The van der Waals surface area contributed by atoms with Crippen LogP contribution in [0.4, 0.5) is 65.0 Å². The zero-order chi connectivity index (χ0) is 21.1. The molecule has 0 bridgehead atoms. The number of halogens is 15. The summed E-state index contributed by atoms with van der Waals surface area (Å²) in [5.41, 5.74) is -0.602. The van der Waals surface area contributed by atoms with Gasteiger partial charge < -0.3 is 53.2 Å². The third-order valence-electron chi connectivity index (χ3n) is 1.10. The van der Waals surface area contributed by atoms with Crippen molar-refractivity contribution in [2.45, 2.75) is 6.18 Å². The number of hydrogen-bond donors (Lipinski definition) is 0. The average Bonchev–Trinajstić information content (AvgIpc) is 2.22. The summed E-state index contributed by atoms with van der Waals surface area (Å²) < 4.78 is 152. The first-order chi connectivity index (χ1) is 10.6. The second kappa shape index (κ2) is 14.1. The van der Waals surface area contributed by atoms with Crippen LogP contribution < -0.4 is 51.4 Å². The molecule has 0 radical (unpaired) electrons. The summed E-state index contributed by atoms with van der Waals surface area (Å²) in [5, 5.41) is 0. The van der Waals surface area contributed by atoms with Gasteiger partial charge in [-0.25, -0.2) is 0 Å². The number of alkyl halides is 3. The molecule has 0 unspecified atom stereocenters. The molecule has 0 saturated heterocycles. The largest absolute Gasteiger partial charge is 1.00 e. The Morgan fingerprint density at radius 3 is 0.846 bits per heavy atom. The Balaban J connectivity index is -0.0000000831. The Bertz CT molecular complexity index is 395. The van der Waals surface area contributed by atoms with E-state index in [4.69, 9.17) is 0 Å².